The predicted molar refractivity (Wildman–Crippen MR) is 116 cm³/mol. The molecule has 1 saturated heterocycles. The van der Waals surface area contributed by atoms with E-state index >= 15 is 0 Å². The Morgan fingerprint density at radius 2 is 2.00 bits per heavy atom. The Labute approximate surface area is 180 Å². The van der Waals surface area contributed by atoms with Gasteiger partial charge in [-0.25, -0.2) is 4.39 Å². The highest BCUT2D eigenvalue weighted by Crippen LogP contribution is 2.28. The van der Waals surface area contributed by atoms with Gasteiger partial charge in [0.25, 0.3) is 11.8 Å². The van der Waals surface area contributed by atoms with E-state index in [4.69, 9.17) is 4.74 Å². The van der Waals surface area contributed by atoms with Gasteiger partial charge < -0.3 is 19.9 Å². The quantitative estimate of drug-likeness (QED) is 0.657. The van der Waals surface area contributed by atoms with E-state index in [1.807, 2.05) is 17.0 Å². The molecule has 31 heavy (non-hydrogen) atoms. The minimum Gasteiger partial charge on any atom is -0.381 e. The predicted octanol–water partition coefficient (Wildman–Crippen LogP) is 3.73. The van der Waals surface area contributed by atoms with Crippen molar-refractivity contribution in [1.29, 1.82) is 0 Å². The van der Waals surface area contributed by atoms with Crippen molar-refractivity contribution in [3.05, 3.63) is 71.2 Å². The highest BCUT2D eigenvalue weighted by Gasteiger charge is 2.33. The lowest BCUT2D eigenvalue weighted by Crippen LogP contribution is -2.47. The highest BCUT2D eigenvalue weighted by molar-refractivity contribution is 6.07. The second-order valence-corrected chi connectivity index (χ2v) is 7.98. The Morgan fingerprint density at radius 1 is 1.23 bits per heavy atom. The first kappa shape index (κ1) is 21.1. The Kier molecular flexibility index (Phi) is 6.04. The minimum absolute atomic E-state index is 0.0309. The van der Waals surface area contributed by atoms with E-state index in [0.29, 0.717) is 48.2 Å². The van der Waals surface area contributed by atoms with Crippen molar-refractivity contribution in [3.8, 4) is 0 Å². The van der Waals surface area contributed by atoms with Gasteiger partial charge in [-0.05, 0) is 36.2 Å². The van der Waals surface area contributed by atoms with Crippen molar-refractivity contribution < 1.29 is 18.7 Å². The van der Waals surface area contributed by atoms with E-state index in [0.717, 1.165) is 5.56 Å². The van der Waals surface area contributed by atoms with Gasteiger partial charge in [-0.3, -0.25) is 9.59 Å². The Balaban J connectivity index is 1.69. The van der Waals surface area contributed by atoms with Crippen LogP contribution in [0.1, 0.15) is 39.6 Å². The molecule has 2 N–H and O–H groups in total. The zero-order chi connectivity index (χ0) is 22.0. The van der Waals surface area contributed by atoms with Crippen LogP contribution < -0.4 is 5.32 Å². The average Bonchev–Trinajstić information content (AvgIpc) is 3.23. The van der Waals surface area contributed by atoms with Gasteiger partial charge in [-0.2, -0.15) is 0 Å². The number of carbonyl (C=O) groups is 2. The van der Waals surface area contributed by atoms with E-state index in [-0.39, 0.29) is 23.8 Å². The average molecular weight is 423 g/mol. The summed E-state index contributed by atoms with van der Waals surface area (Å²) < 4.78 is 20.1. The molecule has 0 saturated carbocycles. The maximum atomic E-state index is 14.6. The molecule has 6 nitrogen and oxygen atoms in total. The summed E-state index contributed by atoms with van der Waals surface area (Å²) in [4.78, 5) is 30.3. The van der Waals surface area contributed by atoms with Crippen LogP contribution in [0.25, 0.3) is 10.9 Å². The van der Waals surface area contributed by atoms with Crippen LogP contribution in [0.4, 0.5) is 4.39 Å². The van der Waals surface area contributed by atoms with Gasteiger partial charge in [0.15, 0.2) is 0 Å². The van der Waals surface area contributed by atoms with Crippen LogP contribution in [0.3, 0.4) is 0 Å². The van der Waals surface area contributed by atoms with Gasteiger partial charge in [0.05, 0.1) is 12.2 Å². The van der Waals surface area contributed by atoms with Crippen molar-refractivity contribution in [2.45, 2.75) is 25.9 Å². The SMILES string of the molecule is CNC(=O)c1ccc(CN(C(=O)c2c[nH]c3cccc(F)c23)C2CCOCC2C)cc1. The third kappa shape index (κ3) is 4.18. The second-order valence-electron chi connectivity index (χ2n) is 7.98. The third-order valence-electron chi connectivity index (χ3n) is 5.94. The van der Waals surface area contributed by atoms with Gasteiger partial charge in [-0.15, -0.1) is 0 Å². The largest absolute Gasteiger partial charge is 0.381 e. The van der Waals surface area contributed by atoms with Crippen molar-refractivity contribution in [2.75, 3.05) is 20.3 Å². The molecule has 1 aliphatic heterocycles. The Morgan fingerprint density at radius 3 is 2.71 bits per heavy atom. The topological polar surface area (TPSA) is 74.4 Å². The summed E-state index contributed by atoms with van der Waals surface area (Å²) in [6.07, 6.45) is 2.30. The number of amides is 2. The van der Waals surface area contributed by atoms with Crippen LogP contribution in [0, 0.1) is 11.7 Å². The fourth-order valence-electron chi connectivity index (χ4n) is 4.24. The maximum Gasteiger partial charge on any atom is 0.256 e. The number of carbonyl (C=O) groups excluding carboxylic acids is 2. The molecule has 0 spiro atoms. The lowest BCUT2D eigenvalue weighted by molar-refractivity contribution is -0.00442. The van der Waals surface area contributed by atoms with E-state index in [9.17, 15) is 14.0 Å². The molecule has 4 rings (SSSR count). The molecule has 0 aliphatic carbocycles. The Bertz CT molecular complexity index is 1090. The number of halogens is 1. The molecule has 162 valence electrons. The molecule has 1 fully saturated rings. The summed E-state index contributed by atoms with van der Waals surface area (Å²) in [5.74, 6) is -0.646. The molecule has 2 unspecified atom stereocenters. The first-order chi connectivity index (χ1) is 15.0. The standard InChI is InChI=1S/C24H26FN3O3/c1-15-14-31-11-10-21(15)28(13-16-6-8-17(9-7-16)23(29)26-2)24(30)18-12-27-20-5-3-4-19(25)22(18)20/h3-9,12,15,21,27H,10-11,13-14H2,1-2H3,(H,26,29). The van der Waals surface area contributed by atoms with Crippen molar-refractivity contribution >= 4 is 22.7 Å². The second kappa shape index (κ2) is 8.89. The van der Waals surface area contributed by atoms with Crippen LogP contribution in [0.2, 0.25) is 0 Å². The number of fused-ring (bicyclic) bond motifs is 1. The summed E-state index contributed by atoms with van der Waals surface area (Å²) >= 11 is 0. The number of rotatable bonds is 5. The molecule has 1 aromatic heterocycles. The van der Waals surface area contributed by atoms with Crippen LogP contribution in [-0.2, 0) is 11.3 Å². The fourth-order valence-corrected chi connectivity index (χ4v) is 4.24. The molecule has 2 aromatic carbocycles. The lowest BCUT2D eigenvalue weighted by atomic mass is 9.94. The monoisotopic (exact) mass is 423 g/mol. The number of aromatic amines is 1. The smallest absolute Gasteiger partial charge is 0.256 e. The summed E-state index contributed by atoms with van der Waals surface area (Å²) in [6.45, 7) is 3.58. The minimum atomic E-state index is -0.419. The number of hydrogen-bond donors (Lipinski definition) is 2. The fraction of sp³-hybridized carbons (Fsp3) is 0.333. The molecule has 0 bridgehead atoms. The number of H-pyrrole nitrogens is 1. The molecule has 1 aliphatic rings. The van der Waals surface area contributed by atoms with Crippen molar-refractivity contribution in [2.24, 2.45) is 5.92 Å². The van der Waals surface area contributed by atoms with Crippen LogP contribution in [0.5, 0.6) is 0 Å². The van der Waals surface area contributed by atoms with E-state index in [1.54, 1.807) is 37.5 Å². The van der Waals surface area contributed by atoms with E-state index in [2.05, 4.69) is 17.2 Å². The zero-order valence-corrected chi connectivity index (χ0v) is 17.7. The normalized spacial score (nSPS) is 18.7. The summed E-state index contributed by atoms with van der Waals surface area (Å²) in [5.41, 5.74) is 2.38. The van der Waals surface area contributed by atoms with Crippen molar-refractivity contribution in [1.82, 2.24) is 15.2 Å². The van der Waals surface area contributed by atoms with Gasteiger partial charge in [0.1, 0.15) is 5.82 Å². The van der Waals surface area contributed by atoms with Gasteiger partial charge in [0, 0.05) is 54.8 Å². The Hall–Kier alpha value is -3.19. The number of nitrogens with one attached hydrogen (secondary N) is 2. The molecule has 2 amide bonds. The summed E-state index contributed by atoms with van der Waals surface area (Å²) in [6, 6.07) is 11.9. The number of aromatic nitrogens is 1. The van der Waals surface area contributed by atoms with Crippen molar-refractivity contribution in [3.63, 3.8) is 0 Å². The van der Waals surface area contributed by atoms with E-state index in [1.165, 1.54) is 6.07 Å². The molecule has 0 radical (unpaired) electrons. The highest BCUT2D eigenvalue weighted by atomic mass is 19.1. The lowest BCUT2D eigenvalue weighted by Gasteiger charge is -2.38. The first-order valence-electron chi connectivity index (χ1n) is 10.4. The third-order valence-corrected chi connectivity index (χ3v) is 5.94. The van der Waals surface area contributed by atoms with Gasteiger partial charge in [-0.1, -0.05) is 25.1 Å². The van der Waals surface area contributed by atoms with Crippen LogP contribution >= 0.6 is 0 Å². The number of ether oxygens (including phenoxy) is 1. The number of hydrogen-bond acceptors (Lipinski definition) is 3. The molecular formula is C24H26FN3O3. The zero-order valence-electron chi connectivity index (χ0n) is 17.7. The molecule has 7 heteroatoms. The summed E-state index contributed by atoms with van der Waals surface area (Å²) in [7, 11) is 1.59. The van der Waals surface area contributed by atoms with Crippen LogP contribution in [-0.4, -0.2) is 48.0 Å². The molecular weight excluding hydrogens is 397 g/mol. The maximum absolute atomic E-state index is 14.6. The molecule has 2 atom stereocenters. The molecule has 2 heterocycles. The summed E-state index contributed by atoms with van der Waals surface area (Å²) in [5, 5.41) is 2.91. The van der Waals surface area contributed by atoms with Gasteiger partial charge in [0.2, 0.25) is 0 Å². The number of nitrogens with zero attached hydrogens (tertiary/aromatic N) is 1. The van der Waals surface area contributed by atoms with Gasteiger partial charge >= 0.3 is 0 Å². The first-order valence-corrected chi connectivity index (χ1v) is 10.4. The van der Waals surface area contributed by atoms with Crippen LogP contribution in [0.15, 0.2) is 48.7 Å². The van der Waals surface area contributed by atoms with E-state index < -0.39 is 5.82 Å². The number of benzene rings is 2. The molecule has 3 aromatic rings.